The van der Waals surface area contributed by atoms with Crippen LogP contribution in [0.15, 0.2) is 194 Å². The van der Waals surface area contributed by atoms with E-state index in [0.29, 0.717) is 23.0 Å². The van der Waals surface area contributed by atoms with Crippen LogP contribution < -0.4 is 4.74 Å². The molecule has 0 saturated carbocycles. The zero-order valence-corrected chi connectivity index (χ0v) is 30.2. The zero-order chi connectivity index (χ0) is 37.5. The van der Waals surface area contributed by atoms with E-state index in [1.165, 1.54) is 11.1 Å². The molecule has 0 N–H and O–H groups in total. The number of nitriles is 1. The highest BCUT2D eigenvalue weighted by Crippen LogP contribution is 2.55. The van der Waals surface area contributed by atoms with Gasteiger partial charge in [-0.05, 0) is 81.6 Å². The number of hydrogen-bond donors (Lipinski definition) is 0. The Morgan fingerprint density at radius 3 is 1.55 bits per heavy atom. The van der Waals surface area contributed by atoms with E-state index in [1.54, 1.807) is 12.1 Å². The predicted molar refractivity (Wildman–Crippen MR) is 222 cm³/mol. The molecule has 0 atom stereocenters. The first kappa shape index (κ1) is 32.9. The molecule has 10 rings (SSSR count). The molecule has 0 bridgehead atoms. The molecule has 5 heteroatoms. The molecule has 0 radical (unpaired) electrons. The minimum atomic E-state index is -0.603. The molecule has 5 nitrogen and oxygen atoms in total. The highest BCUT2D eigenvalue weighted by molar-refractivity contribution is 5.87. The normalized spacial score (nSPS) is 12.6. The molecular formula is C51H32N4O. The SMILES string of the molecule is N#Cc1ccc(-c2nc(-c3ccc(-c4ccc5c(c4)C(c4ccccc4)(c4ccccc4)c4ccccc4O5)cc3)nc(-c3ccc4ccccc4c3)n2)cc1. The van der Waals surface area contributed by atoms with E-state index in [0.717, 1.165) is 61.2 Å². The van der Waals surface area contributed by atoms with Crippen LogP contribution in [0.1, 0.15) is 27.8 Å². The molecule has 0 fully saturated rings. The van der Waals surface area contributed by atoms with Crippen molar-refractivity contribution in [2.24, 2.45) is 0 Å². The van der Waals surface area contributed by atoms with Gasteiger partial charge in [-0.25, -0.2) is 15.0 Å². The first-order valence-electron chi connectivity index (χ1n) is 18.6. The Morgan fingerprint density at radius 1 is 0.393 bits per heavy atom. The molecule has 1 aromatic heterocycles. The Hall–Kier alpha value is -7.68. The van der Waals surface area contributed by atoms with Crippen LogP contribution in [0.2, 0.25) is 0 Å². The third kappa shape index (κ3) is 5.60. The van der Waals surface area contributed by atoms with Crippen molar-refractivity contribution in [3.63, 3.8) is 0 Å². The summed E-state index contributed by atoms with van der Waals surface area (Å²) >= 11 is 0. The van der Waals surface area contributed by atoms with Crippen molar-refractivity contribution in [1.29, 1.82) is 5.26 Å². The molecular weight excluding hydrogens is 685 g/mol. The molecule has 0 spiro atoms. The van der Waals surface area contributed by atoms with Crippen molar-refractivity contribution >= 4 is 10.8 Å². The van der Waals surface area contributed by atoms with Gasteiger partial charge in [0, 0.05) is 27.8 Å². The summed E-state index contributed by atoms with van der Waals surface area (Å²) in [5.41, 5.74) is 9.21. The average molecular weight is 717 g/mol. The van der Waals surface area contributed by atoms with Gasteiger partial charge in [0.1, 0.15) is 11.5 Å². The summed E-state index contributed by atoms with van der Waals surface area (Å²) in [6, 6.07) is 68.8. The molecule has 2 heterocycles. The minimum absolute atomic E-state index is 0.542. The summed E-state index contributed by atoms with van der Waals surface area (Å²) in [5.74, 6) is 3.37. The maximum absolute atomic E-state index is 9.41. The summed E-state index contributed by atoms with van der Waals surface area (Å²) in [6.45, 7) is 0. The van der Waals surface area contributed by atoms with Crippen molar-refractivity contribution in [1.82, 2.24) is 15.0 Å². The van der Waals surface area contributed by atoms with Crippen LogP contribution in [0.4, 0.5) is 0 Å². The number of aromatic nitrogens is 3. The maximum atomic E-state index is 9.41. The van der Waals surface area contributed by atoms with E-state index >= 15 is 0 Å². The molecule has 56 heavy (non-hydrogen) atoms. The topological polar surface area (TPSA) is 71.7 Å². The standard InChI is InChI=1S/C51H32N4O/c52-33-34-19-21-37(22-20-34)48-53-49(55-50(54-48)41-28-25-35-11-7-8-12-39(35)31-41)38-26-23-36(24-27-38)40-29-30-47-45(32-40)51(42-13-3-1-4-14-42,43-15-5-2-6-16-43)44-17-9-10-18-46(44)56-47/h1-32H. The van der Waals surface area contributed by atoms with Crippen LogP contribution in [0.5, 0.6) is 11.5 Å². The Bertz CT molecular complexity index is 2900. The van der Waals surface area contributed by atoms with Gasteiger partial charge >= 0.3 is 0 Å². The van der Waals surface area contributed by atoms with Crippen LogP contribution in [0.25, 0.3) is 56.1 Å². The lowest BCUT2D eigenvalue weighted by molar-refractivity contribution is 0.434. The van der Waals surface area contributed by atoms with Gasteiger partial charge < -0.3 is 4.74 Å². The number of benzene rings is 8. The van der Waals surface area contributed by atoms with Gasteiger partial charge in [-0.1, -0.05) is 146 Å². The quantitative estimate of drug-likeness (QED) is 0.171. The van der Waals surface area contributed by atoms with E-state index < -0.39 is 5.41 Å². The Labute approximate surface area is 324 Å². The van der Waals surface area contributed by atoms with Crippen LogP contribution in [-0.4, -0.2) is 15.0 Å². The summed E-state index contributed by atoms with van der Waals surface area (Å²) in [5, 5.41) is 11.7. The second-order valence-corrected chi connectivity index (χ2v) is 13.9. The van der Waals surface area contributed by atoms with Gasteiger partial charge in [0.25, 0.3) is 0 Å². The summed E-state index contributed by atoms with van der Waals surface area (Å²) in [4.78, 5) is 14.9. The highest BCUT2D eigenvalue weighted by Gasteiger charge is 2.45. The number of para-hydroxylation sites is 1. The van der Waals surface area contributed by atoms with Crippen molar-refractivity contribution in [3.05, 3.63) is 222 Å². The molecule has 262 valence electrons. The molecule has 0 aliphatic carbocycles. The van der Waals surface area contributed by atoms with E-state index in [4.69, 9.17) is 19.7 Å². The fourth-order valence-electron chi connectivity index (χ4n) is 7.98. The van der Waals surface area contributed by atoms with Gasteiger partial charge in [-0.3, -0.25) is 0 Å². The van der Waals surface area contributed by atoms with Crippen molar-refractivity contribution < 1.29 is 4.74 Å². The molecule has 0 amide bonds. The lowest BCUT2D eigenvalue weighted by atomic mass is 9.63. The Morgan fingerprint density at radius 2 is 0.893 bits per heavy atom. The van der Waals surface area contributed by atoms with Crippen LogP contribution in [0.3, 0.4) is 0 Å². The van der Waals surface area contributed by atoms with E-state index in [9.17, 15) is 5.26 Å². The fourth-order valence-corrected chi connectivity index (χ4v) is 7.98. The van der Waals surface area contributed by atoms with Crippen LogP contribution in [-0.2, 0) is 5.41 Å². The predicted octanol–water partition coefficient (Wildman–Crippen LogP) is 12.1. The smallest absolute Gasteiger partial charge is 0.164 e. The zero-order valence-electron chi connectivity index (χ0n) is 30.2. The van der Waals surface area contributed by atoms with Gasteiger partial charge in [0.15, 0.2) is 17.5 Å². The van der Waals surface area contributed by atoms with Crippen LogP contribution in [0, 0.1) is 11.3 Å². The van der Waals surface area contributed by atoms with Crippen LogP contribution >= 0.6 is 0 Å². The van der Waals surface area contributed by atoms with Gasteiger partial charge in [0.2, 0.25) is 0 Å². The summed E-state index contributed by atoms with van der Waals surface area (Å²) < 4.78 is 6.64. The van der Waals surface area contributed by atoms with Crippen molar-refractivity contribution in [2.45, 2.75) is 5.41 Å². The Kier molecular flexibility index (Phi) is 8.01. The average Bonchev–Trinajstić information content (AvgIpc) is 3.28. The first-order chi connectivity index (χ1) is 27.7. The number of rotatable bonds is 6. The molecule has 9 aromatic rings. The van der Waals surface area contributed by atoms with E-state index in [2.05, 4.69) is 158 Å². The largest absolute Gasteiger partial charge is 0.457 e. The monoisotopic (exact) mass is 716 g/mol. The van der Waals surface area contributed by atoms with Gasteiger partial charge in [-0.2, -0.15) is 5.26 Å². The maximum Gasteiger partial charge on any atom is 0.164 e. The fraction of sp³-hybridized carbons (Fsp3) is 0.0196. The number of ether oxygens (including phenoxy) is 1. The highest BCUT2D eigenvalue weighted by atomic mass is 16.5. The van der Waals surface area contributed by atoms with E-state index in [1.807, 2.05) is 30.3 Å². The Balaban J connectivity index is 1.09. The molecule has 1 aliphatic rings. The number of hydrogen-bond acceptors (Lipinski definition) is 5. The first-order valence-corrected chi connectivity index (χ1v) is 18.6. The van der Waals surface area contributed by atoms with E-state index in [-0.39, 0.29) is 0 Å². The van der Waals surface area contributed by atoms with Gasteiger partial charge in [-0.15, -0.1) is 0 Å². The molecule has 0 unspecified atom stereocenters. The third-order valence-electron chi connectivity index (χ3n) is 10.7. The molecule has 1 aliphatic heterocycles. The van der Waals surface area contributed by atoms with Crippen molar-refractivity contribution in [2.75, 3.05) is 0 Å². The summed E-state index contributed by atoms with van der Waals surface area (Å²) in [6.07, 6.45) is 0. The molecule has 0 saturated heterocycles. The minimum Gasteiger partial charge on any atom is -0.457 e. The summed E-state index contributed by atoms with van der Waals surface area (Å²) in [7, 11) is 0. The van der Waals surface area contributed by atoms with Crippen molar-refractivity contribution in [3.8, 4) is 62.9 Å². The lowest BCUT2D eigenvalue weighted by Crippen LogP contribution is -2.34. The second kappa shape index (κ2) is 13.6. The lowest BCUT2D eigenvalue weighted by Gasteiger charge is -2.41. The third-order valence-corrected chi connectivity index (χ3v) is 10.7. The number of fused-ring (bicyclic) bond motifs is 3. The molecule has 8 aromatic carbocycles. The number of nitrogens with zero attached hydrogens (tertiary/aromatic N) is 4. The van der Waals surface area contributed by atoms with Gasteiger partial charge in [0.05, 0.1) is 17.0 Å². The second-order valence-electron chi connectivity index (χ2n) is 13.9.